The molecule has 0 spiro atoms. The highest BCUT2D eigenvalue weighted by Gasteiger charge is 2.38. The summed E-state index contributed by atoms with van der Waals surface area (Å²) in [5.41, 5.74) is 2.09. The first-order valence-corrected chi connectivity index (χ1v) is 12.6. The van der Waals surface area contributed by atoms with Crippen molar-refractivity contribution in [2.45, 2.75) is 64.0 Å². The Balaban J connectivity index is 0.000000349. The van der Waals surface area contributed by atoms with Crippen molar-refractivity contribution in [3.8, 4) is 0 Å². The number of nitrogens with zero attached hydrogens (tertiary/aromatic N) is 7. The number of hydrogen-bond acceptors (Lipinski definition) is 9. The van der Waals surface area contributed by atoms with Gasteiger partial charge in [-0.25, -0.2) is 19.3 Å². The van der Waals surface area contributed by atoms with Crippen LogP contribution in [0.3, 0.4) is 0 Å². The maximum atomic E-state index is 10.6. The molecule has 41 heavy (non-hydrogen) atoms. The maximum absolute atomic E-state index is 10.6. The van der Waals surface area contributed by atoms with Crippen LogP contribution in [-0.2, 0) is 16.1 Å². The molecule has 2 aromatic heterocycles. The van der Waals surface area contributed by atoms with Crippen LogP contribution < -0.4 is 10.2 Å². The molecule has 3 N–H and O–H groups in total. The van der Waals surface area contributed by atoms with Gasteiger partial charge in [-0.3, -0.25) is 4.90 Å². The van der Waals surface area contributed by atoms with Gasteiger partial charge in [-0.05, 0) is 45.7 Å². The topological polar surface area (TPSA) is 150 Å². The van der Waals surface area contributed by atoms with Crippen LogP contribution >= 0.6 is 0 Å². The molecule has 0 saturated carbocycles. The number of hydrogen-bond donors (Lipinski definition) is 3. The lowest BCUT2D eigenvalue weighted by Crippen LogP contribution is -2.36. The number of halogens is 6. The normalized spacial score (nSPS) is 16.6. The molecule has 2 aliphatic rings. The van der Waals surface area contributed by atoms with Crippen LogP contribution in [0.25, 0.3) is 0 Å². The van der Waals surface area contributed by atoms with E-state index in [1.54, 1.807) is 0 Å². The molecule has 2 aliphatic heterocycles. The first-order valence-electron chi connectivity index (χ1n) is 12.6. The molecule has 18 heteroatoms. The van der Waals surface area contributed by atoms with E-state index in [1.807, 2.05) is 20.0 Å². The summed E-state index contributed by atoms with van der Waals surface area (Å²) in [5.74, 6) is -3.82. The monoisotopic (exact) mass is 598 g/mol. The molecule has 0 unspecified atom stereocenters. The number of nitrogens with one attached hydrogen (secondary N) is 1. The van der Waals surface area contributed by atoms with Crippen molar-refractivity contribution in [3.05, 3.63) is 23.7 Å². The van der Waals surface area contributed by atoms with Crippen LogP contribution in [0.5, 0.6) is 0 Å². The fourth-order valence-electron chi connectivity index (χ4n) is 4.06. The number of carboxylic acids is 2. The largest absolute Gasteiger partial charge is 0.490 e. The van der Waals surface area contributed by atoms with E-state index < -0.39 is 24.3 Å². The lowest BCUT2D eigenvalue weighted by molar-refractivity contribution is -0.193. The summed E-state index contributed by atoms with van der Waals surface area (Å²) in [6.45, 7) is 7.21. The predicted molar refractivity (Wildman–Crippen MR) is 133 cm³/mol. The number of carbonyl (C=O) groups is 2. The molecule has 12 nitrogen and oxygen atoms in total. The van der Waals surface area contributed by atoms with Gasteiger partial charge in [0.15, 0.2) is 0 Å². The molecule has 0 bridgehead atoms. The van der Waals surface area contributed by atoms with Crippen molar-refractivity contribution in [1.29, 1.82) is 0 Å². The fraction of sp³-hybridized carbons (Fsp3) is 0.652. The number of piperidine rings is 2. The van der Waals surface area contributed by atoms with E-state index in [0.717, 1.165) is 55.6 Å². The number of anilines is 2. The first-order chi connectivity index (χ1) is 19.1. The number of rotatable bonds is 5. The number of aryl methyl sites for hydroxylation is 1. The standard InChI is InChI=1S/C19H30N8.2C2HF3O2/c1-15-12-18(20-2)22-19(21-15)26-10-6-17(7-11-26)27-14-16(23-24-27)13-25-8-4-3-5-9-25;2*3-2(4,5)1(6)7/h12,14,17H,3-11,13H2,1-2H3,(H,20,21,22);2*(H,6,7). The zero-order chi connectivity index (χ0) is 30.8. The van der Waals surface area contributed by atoms with Crippen LogP contribution in [0.1, 0.15) is 49.5 Å². The minimum Gasteiger partial charge on any atom is -0.475 e. The van der Waals surface area contributed by atoms with E-state index in [1.165, 1.54) is 32.4 Å². The van der Waals surface area contributed by atoms with Gasteiger partial charge in [-0.2, -0.15) is 31.3 Å². The minimum absolute atomic E-state index is 0.414. The van der Waals surface area contributed by atoms with E-state index in [2.05, 4.69) is 46.3 Å². The predicted octanol–water partition coefficient (Wildman–Crippen LogP) is 3.51. The van der Waals surface area contributed by atoms with Gasteiger partial charge in [0, 0.05) is 38.4 Å². The third-order valence-electron chi connectivity index (χ3n) is 6.10. The van der Waals surface area contributed by atoms with Crippen LogP contribution in [0, 0.1) is 6.92 Å². The third kappa shape index (κ3) is 11.4. The maximum Gasteiger partial charge on any atom is 0.490 e. The van der Waals surface area contributed by atoms with Crippen molar-refractivity contribution >= 4 is 23.7 Å². The van der Waals surface area contributed by atoms with Crippen molar-refractivity contribution in [3.63, 3.8) is 0 Å². The highest BCUT2D eigenvalue weighted by molar-refractivity contribution is 5.73. The Morgan fingerprint density at radius 2 is 1.49 bits per heavy atom. The average Bonchev–Trinajstić information content (AvgIpc) is 3.37. The van der Waals surface area contributed by atoms with E-state index in [0.29, 0.717) is 6.04 Å². The average molecular weight is 599 g/mol. The summed E-state index contributed by atoms with van der Waals surface area (Å²) in [7, 11) is 1.89. The number of alkyl halides is 6. The number of aromatic nitrogens is 5. The van der Waals surface area contributed by atoms with Gasteiger partial charge in [0.25, 0.3) is 0 Å². The Hall–Kier alpha value is -3.70. The highest BCUT2D eigenvalue weighted by atomic mass is 19.4. The molecule has 0 radical (unpaired) electrons. The van der Waals surface area contributed by atoms with E-state index >= 15 is 0 Å². The molecule has 0 aliphatic carbocycles. The van der Waals surface area contributed by atoms with Gasteiger partial charge in [-0.15, -0.1) is 5.10 Å². The summed E-state index contributed by atoms with van der Waals surface area (Å²) in [6, 6.07) is 2.38. The van der Waals surface area contributed by atoms with Crippen LogP contribution in [0.15, 0.2) is 12.3 Å². The molecule has 2 aromatic rings. The number of carboxylic acid groups (broad SMARTS) is 2. The van der Waals surface area contributed by atoms with Crippen LogP contribution in [-0.4, -0.2) is 97.6 Å². The lowest BCUT2D eigenvalue weighted by atomic mass is 10.1. The summed E-state index contributed by atoms with van der Waals surface area (Å²) < 4.78 is 65.5. The van der Waals surface area contributed by atoms with Crippen molar-refractivity contribution < 1.29 is 46.1 Å². The summed E-state index contributed by atoms with van der Waals surface area (Å²) in [5, 5.41) is 26.2. The molecule has 2 fully saturated rings. The Kier molecular flexibility index (Phi) is 12.1. The first kappa shape index (κ1) is 33.5. The van der Waals surface area contributed by atoms with E-state index in [4.69, 9.17) is 19.8 Å². The molecule has 230 valence electrons. The van der Waals surface area contributed by atoms with Gasteiger partial charge < -0.3 is 20.4 Å². The SMILES string of the molecule is CNc1cc(C)nc(N2CCC(n3cc(CN4CCCCC4)nn3)CC2)n1.O=C(O)C(F)(F)F.O=C(O)C(F)(F)F. The fourth-order valence-corrected chi connectivity index (χ4v) is 4.06. The summed E-state index contributed by atoms with van der Waals surface area (Å²) >= 11 is 0. The molecular formula is C23H32F6N8O4. The second-order valence-corrected chi connectivity index (χ2v) is 9.30. The molecule has 0 atom stereocenters. The van der Waals surface area contributed by atoms with Gasteiger partial charge in [-0.1, -0.05) is 11.6 Å². The van der Waals surface area contributed by atoms with Crippen molar-refractivity contribution in [2.75, 3.05) is 43.4 Å². The Labute approximate surface area is 231 Å². The van der Waals surface area contributed by atoms with Gasteiger partial charge in [0.1, 0.15) is 5.82 Å². The molecule has 4 heterocycles. The van der Waals surface area contributed by atoms with Crippen LogP contribution in [0.4, 0.5) is 38.1 Å². The summed E-state index contributed by atoms with van der Waals surface area (Å²) in [6.07, 6.45) is -1.96. The van der Waals surface area contributed by atoms with Gasteiger partial charge in [0.2, 0.25) is 5.95 Å². The van der Waals surface area contributed by atoms with Crippen molar-refractivity contribution in [2.24, 2.45) is 0 Å². The smallest absolute Gasteiger partial charge is 0.475 e. The quantitative estimate of drug-likeness (QED) is 0.434. The minimum atomic E-state index is -5.08. The molecule has 4 rings (SSSR count). The van der Waals surface area contributed by atoms with Gasteiger partial charge in [0.05, 0.1) is 17.9 Å². The lowest BCUT2D eigenvalue weighted by Gasteiger charge is -2.32. The van der Waals surface area contributed by atoms with Crippen molar-refractivity contribution in [1.82, 2.24) is 29.9 Å². The Bertz CT molecular complexity index is 1110. The second-order valence-electron chi connectivity index (χ2n) is 9.30. The number of aliphatic carboxylic acids is 2. The molecular weight excluding hydrogens is 566 g/mol. The Morgan fingerprint density at radius 3 is 1.98 bits per heavy atom. The van der Waals surface area contributed by atoms with Crippen LogP contribution in [0.2, 0.25) is 0 Å². The molecule has 2 saturated heterocycles. The molecule has 0 amide bonds. The van der Waals surface area contributed by atoms with E-state index in [-0.39, 0.29) is 0 Å². The van der Waals surface area contributed by atoms with E-state index in [9.17, 15) is 26.3 Å². The highest BCUT2D eigenvalue weighted by Crippen LogP contribution is 2.25. The second kappa shape index (κ2) is 14.8. The zero-order valence-electron chi connectivity index (χ0n) is 22.4. The summed E-state index contributed by atoms with van der Waals surface area (Å²) in [4.78, 5) is 31.8. The molecule has 0 aromatic carbocycles. The Morgan fingerprint density at radius 1 is 0.951 bits per heavy atom. The number of likely N-dealkylation sites (tertiary alicyclic amines) is 1. The zero-order valence-corrected chi connectivity index (χ0v) is 22.4. The van der Waals surface area contributed by atoms with Gasteiger partial charge >= 0.3 is 24.3 Å². The third-order valence-corrected chi connectivity index (χ3v) is 6.10.